The SMILES string of the molecule is O=C(c1cnccn1)N1CCCCC1c1ccn[nH]1. The van der Waals surface area contributed by atoms with Crippen molar-refractivity contribution in [2.45, 2.75) is 25.3 Å². The average molecular weight is 257 g/mol. The summed E-state index contributed by atoms with van der Waals surface area (Å²) in [7, 11) is 0. The lowest BCUT2D eigenvalue weighted by Gasteiger charge is -2.34. The highest BCUT2D eigenvalue weighted by Crippen LogP contribution is 2.30. The van der Waals surface area contributed by atoms with E-state index in [4.69, 9.17) is 0 Å². The zero-order valence-corrected chi connectivity index (χ0v) is 10.5. The molecule has 6 nitrogen and oxygen atoms in total. The maximum Gasteiger partial charge on any atom is 0.274 e. The van der Waals surface area contributed by atoms with Gasteiger partial charge in [0.15, 0.2) is 0 Å². The van der Waals surface area contributed by atoms with Crippen molar-refractivity contribution >= 4 is 5.91 Å². The third-order valence-electron chi connectivity index (χ3n) is 3.43. The van der Waals surface area contributed by atoms with E-state index in [1.54, 1.807) is 18.6 Å². The maximum absolute atomic E-state index is 12.5. The summed E-state index contributed by atoms with van der Waals surface area (Å²) in [6.07, 6.45) is 9.44. The number of aromatic nitrogens is 4. The van der Waals surface area contributed by atoms with Gasteiger partial charge in [0.05, 0.1) is 17.9 Å². The van der Waals surface area contributed by atoms with Gasteiger partial charge in [0.2, 0.25) is 0 Å². The number of carbonyl (C=O) groups is 1. The van der Waals surface area contributed by atoms with Crippen molar-refractivity contribution in [1.82, 2.24) is 25.1 Å². The van der Waals surface area contributed by atoms with Crippen LogP contribution in [0.5, 0.6) is 0 Å². The first kappa shape index (κ1) is 11.8. The molecule has 1 atom stereocenters. The van der Waals surface area contributed by atoms with Crippen molar-refractivity contribution < 1.29 is 4.79 Å². The molecule has 1 amide bonds. The van der Waals surface area contributed by atoms with Crippen LogP contribution in [-0.4, -0.2) is 37.5 Å². The van der Waals surface area contributed by atoms with Gasteiger partial charge in [0.1, 0.15) is 5.69 Å². The molecular formula is C13H15N5O. The van der Waals surface area contributed by atoms with Gasteiger partial charge in [-0.2, -0.15) is 5.10 Å². The summed E-state index contributed by atoms with van der Waals surface area (Å²) < 4.78 is 0. The highest BCUT2D eigenvalue weighted by molar-refractivity contribution is 5.92. The zero-order valence-electron chi connectivity index (χ0n) is 10.5. The monoisotopic (exact) mass is 257 g/mol. The van der Waals surface area contributed by atoms with E-state index < -0.39 is 0 Å². The number of hydrogen-bond donors (Lipinski definition) is 1. The number of aromatic amines is 1. The molecule has 2 aromatic heterocycles. The Bertz CT molecular complexity index is 539. The second-order valence-electron chi connectivity index (χ2n) is 4.61. The minimum absolute atomic E-state index is 0.0609. The fourth-order valence-electron chi connectivity index (χ4n) is 2.51. The standard InChI is InChI=1S/C13H15N5O/c19-13(11-9-14-6-7-15-11)18-8-2-1-3-12(18)10-4-5-16-17-10/h4-7,9,12H,1-3,8H2,(H,16,17). The Morgan fingerprint density at radius 3 is 3.00 bits per heavy atom. The minimum Gasteiger partial charge on any atom is -0.329 e. The number of carbonyl (C=O) groups excluding carboxylic acids is 1. The molecule has 1 saturated heterocycles. The Morgan fingerprint density at radius 2 is 2.26 bits per heavy atom. The van der Waals surface area contributed by atoms with Gasteiger partial charge in [-0.3, -0.25) is 14.9 Å². The smallest absolute Gasteiger partial charge is 0.274 e. The number of nitrogens with one attached hydrogen (secondary N) is 1. The second-order valence-corrected chi connectivity index (χ2v) is 4.61. The van der Waals surface area contributed by atoms with Crippen molar-refractivity contribution in [3.05, 3.63) is 42.2 Å². The molecule has 0 aliphatic carbocycles. The van der Waals surface area contributed by atoms with E-state index in [2.05, 4.69) is 20.2 Å². The third-order valence-corrected chi connectivity index (χ3v) is 3.43. The number of hydrogen-bond acceptors (Lipinski definition) is 4. The van der Waals surface area contributed by atoms with Crippen molar-refractivity contribution in [3.63, 3.8) is 0 Å². The Morgan fingerprint density at radius 1 is 1.32 bits per heavy atom. The molecule has 98 valence electrons. The van der Waals surface area contributed by atoms with Crippen molar-refractivity contribution in [2.75, 3.05) is 6.54 Å². The van der Waals surface area contributed by atoms with Gasteiger partial charge in [0.25, 0.3) is 5.91 Å². The van der Waals surface area contributed by atoms with Crippen LogP contribution in [0.2, 0.25) is 0 Å². The Labute approximate surface area is 110 Å². The van der Waals surface area contributed by atoms with Gasteiger partial charge >= 0.3 is 0 Å². The summed E-state index contributed by atoms with van der Waals surface area (Å²) >= 11 is 0. The predicted molar refractivity (Wildman–Crippen MR) is 68.2 cm³/mol. The van der Waals surface area contributed by atoms with E-state index in [1.165, 1.54) is 6.20 Å². The summed E-state index contributed by atoms with van der Waals surface area (Å²) in [5.41, 5.74) is 1.38. The lowest BCUT2D eigenvalue weighted by molar-refractivity contribution is 0.0599. The van der Waals surface area contributed by atoms with Gasteiger partial charge in [-0.15, -0.1) is 0 Å². The van der Waals surface area contributed by atoms with Gasteiger partial charge < -0.3 is 4.90 Å². The Balaban J connectivity index is 1.87. The molecule has 1 unspecified atom stereocenters. The van der Waals surface area contributed by atoms with Crippen molar-refractivity contribution in [2.24, 2.45) is 0 Å². The number of rotatable bonds is 2. The average Bonchev–Trinajstić information content (AvgIpc) is 3.01. The molecule has 1 aliphatic heterocycles. The lowest BCUT2D eigenvalue weighted by atomic mass is 9.99. The molecule has 3 heterocycles. The van der Waals surface area contributed by atoms with Crippen molar-refractivity contribution in [1.29, 1.82) is 0 Å². The highest BCUT2D eigenvalue weighted by Gasteiger charge is 2.30. The largest absolute Gasteiger partial charge is 0.329 e. The van der Waals surface area contributed by atoms with E-state index >= 15 is 0 Å². The van der Waals surface area contributed by atoms with Gasteiger partial charge in [0, 0.05) is 25.1 Å². The molecular weight excluding hydrogens is 242 g/mol. The van der Waals surface area contributed by atoms with E-state index in [-0.39, 0.29) is 11.9 Å². The zero-order chi connectivity index (χ0) is 13.1. The topological polar surface area (TPSA) is 74.8 Å². The first-order chi connectivity index (χ1) is 9.36. The van der Waals surface area contributed by atoms with E-state index in [9.17, 15) is 4.79 Å². The first-order valence-electron chi connectivity index (χ1n) is 6.42. The highest BCUT2D eigenvalue weighted by atomic mass is 16.2. The fraction of sp³-hybridized carbons (Fsp3) is 0.385. The summed E-state index contributed by atoms with van der Waals surface area (Å²) in [5.74, 6) is -0.0626. The van der Waals surface area contributed by atoms with Crippen LogP contribution in [0.3, 0.4) is 0 Å². The molecule has 2 aromatic rings. The summed E-state index contributed by atoms with van der Waals surface area (Å²) in [5, 5.41) is 6.94. The van der Waals surface area contributed by atoms with Crippen molar-refractivity contribution in [3.8, 4) is 0 Å². The van der Waals surface area contributed by atoms with Gasteiger partial charge in [-0.25, -0.2) is 4.98 Å². The van der Waals surface area contributed by atoms with Gasteiger partial charge in [-0.1, -0.05) is 0 Å². The molecule has 0 radical (unpaired) electrons. The molecule has 0 aromatic carbocycles. The molecule has 1 N–H and O–H groups in total. The molecule has 3 rings (SSSR count). The van der Waals surface area contributed by atoms with Gasteiger partial charge in [-0.05, 0) is 25.3 Å². The molecule has 1 aliphatic rings. The van der Waals surface area contributed by atoms with Crippen LogP contribution in [0.1, 0.15) is 41.5 Å². The molecule has 0 saturated carbocycles. The van der Waals surface area contributed by atoms with Crippen LogP contribution in [-0.2, 0) is 0 Å². The molecule has 1 fully saturated rings. The first-order valence-corrected chi connectivity index (χ1v) is 6.42. The van der Waals surface area contributed by atoms with E-state index in [1.807, 2.05) is 11.0 Å². The van der Waals surface area contributed by atoms with E-state index in [0.717, 1.165) is 31.5 Å². The number of likely N-dealkylation sites (tertiary alicyclic amines) is 1. The lowest BCUT2D eigenvalue weighted by Crippen LogP contribution is -2.39. The van der Waals surface area contributed by atoms with Crippen LogP contribution in [0.15, 0.2) is 30.9 Å². The molecule has 6 heteroatoms. The number of nitrogens with zero attached hydrogens (tertiary/aromatic N) is 4. The summed E-state index contributed by atoms with van der Waals surface area (Å²) in [4.78, 5) is 22.4. The maximum atomic E-state index is 12.5. The second kappa shape index (κ2) is 5.17. The van der Waals surface area contributed by atoms with Crippen LogP contribution < -0.4 is 0 Å². The number of H-pyrrole nitrogens is 1. The Hall–Kier alpha value is -2.24. The molecule has 0 bridgehead atoms. The van der Waals surface area contributed by atoms with E-state index in [0.29, 0.717) is 5.69 Å². The quantitative estimate of drug-likeness (QED) is 0.886. The normalized spacial score (nSPS) is 19.4. The summed E-state index contributed by atoms with van der Waals surface area (Å²) in [6, 6.07) is 1.98. The minimum atomic E-state index is -0.0626. The van der Waals surface area contributed by atoms with Crippen LogP contribution in [0.25, 0.3) is 0 Å². The third kappa shape index (κ3) is 2.33. The molecule has 0 spiro atoms. The number of amides is 1. The summed E-state index contributed by atoms with van der Waals surface area (Å²) in [6.45, 7) is 0.749. The fourth-order valence-corrected chi connectivity index (χ4v) is 2.51. The number of piperidine rings is 1. The van der Waals surface area contributed by atoms with Crippen LogP contribution in [0, 0.1) is 0 Å². The Kier molecular flexibility index (Phi) is 3.22. The van der Waals surface area contributed by atoms with Crippen LogP contribution >= 0.6 is 0 Å². The molecule has 19 heavy (non-hydrogen) atoms. The predicted octanol–water partition coefficient (Wildman–Crippen LogP) is 1.57. The van der Waals surface area contributed by atoms with Crippen LogP contribution in [0.4, 0.5) is 0 Å².